The van der Waals surface area contributed by atoms with Crippen LogP contribution in [0.15, 0.2) is 34.3 Å². The van der Waals surface area contributed by atoms with E-state index in [1.807, 2.05) is 17.0 Å². The Morgan fingerprint density at radius 1 is 1.39 bits per heavy atom. The van der Waals surface area contributed by atoms with Crippen molar-refractivity contribution >= 4 is 23.2 Å². The number of furan rings is 1. The van der Waals surface area contributed by atoms with Gasteiger partial charge in [0.15, 0.2) is 0 Å². The molecule has 0 bridgehead atoms. The van der Waals surface area contributed by atoms with Gasteiger partial charge < -0.3 is 14.2 Å². The predicted molar refractivity (Wildman–Crippen MR) is 85.7 cm³/mol. The molecule has 0 N–H and O–H groups in total. The predicted octanol–water partition coefficient (Wildman–Crippen LogP) is 2.27. The van der Waals surface area contributed by atoms with Gasteiger partial charge in [-0.05, 0) is 35.6 Å². The van der Waals surface area contributed by atoms with E-state index in [1.165, 1.54) is 10.4 Å². The Bertz CT molecular complexity index is 722. The van der Waals surface area contributed by atoms with Gasteiger partial charge in [0.25, 0.3) is 0 Å². The summed E-state index contributed by atoms with van der Waals surface area (Å²) >= 11 is 1.76. The van der Waals surface area contributed by atoms with Crippen LogP contribution in [0.2, 0.25) is 0 Å². The zero-order chi connectivity index (χ0) is 15.8. The van der Waals surface area contributed by atoms with Crippen LogP contribution >= 0.6 is 11.3 Å². The molecule has 2 aromatic heterocycles. The van der Waals surface area contributed by atoms with Gasteiger partial charge in [-0.15, -0.1) is 11.3 Å². The van der Waals surface area contributed by atoms with E-state index in [0.29, 0.717) is 26.1 Å². The minimum atomic E-state index is -0.224. The highest BCUT2D eigenvalue weighted by Gasteiger charge is 2.37. The molecule has 5 nitrogen and oxygen atoms in total. The van der Waals surface area contributed by atoms with Crippen molar-refractivity contribution < 1.29 is 14.0 Å². The van der Waals surface area contributed by atoms with Crippen molar-refractivity contribution in [1.82, 2.24) is 9.80 Å². The van der Waals surface area contributed by atoms with Crippen molar-refractivity contribution in [1.29, 1.82) is 0 Å². The van der Waals surface area contributed by atoms with Crippen LogP contribution in [-0.2, 0) is 29.1 Å². The molecular formula is C17H18N2O3S. The maximum absolute atomic E-state index is 12.8. The summed E-state index contributed by atoms with van der Waals surface area (Å²) in [5, 5.41) is 2.09. The van der Waals surface area contributed by atoms with Crippen molar-refractivity contribution in [2.75, 3.05) is 13.1 Å². The molecule has 4 rings (SSSR count). The lowest BCUT2D eigenvalue weighted by molar-refractivity contribution is -0.136. The molecule has 1 atom stereocenters. The summed E-state index contributed by atoms with van der Waals surface area (Å²) in [5.74, 6) is 0.676. The molecule has 0 aromatic carbocycles. The number of likely N-dealkylation sites (tertiary alicyclic amines) is 1. The molecule has 0 radical (unpaired) electrons. The normalized spacial score (nSPS) is 20.9. The van der Waals surface area contributed by atoms with E-state index in [2.05, 4.69) is 11.4 Å². The van der Waals surface area contributed by atoms with E-state index in [1.54, 1.807) is 22.5 Å². The lowest BCUT2D eigenvalue weighted by Crippen LogP contribution is -2.40. The molecule has 0 aliphatic carbocycles. The van der Waals surface area contributed by atoms with Gasteiger partial charge in [0.1, 0.15) is 5.76 Å². The summed E-state index contributed by atoms with van der Waals surface area (Å²) in [6, 6.07) is 5.76. The third kappa shape index (κ3) is 2.79. The highest BCUT2D eigenvalue weighted by Crippen LogP contribution is 2.28. The number of rotatable bonds is 3. The standard InChI is InChI=1S/C17H18N2O3S/c20-16-8-13(10-19(16)11-14-2-1-6-22-14)17(21)18-5-3-15-12(9-18)4-7-23-15/h1-2,4,6-7,13H,3,5,8-11H2. The largest absolute Gasteiger partial charge is 0.467 e. The summed E-state index contributed by atoms with van der Waals surface area (Å²) in [6.45, 7) is 2.38. The van der Waals surface area contributed by atoms with Gasteiger partial charge in [0.2, 0.25) is 11.8 Å². The molecule has 0 saturated carbocycles. The zero-order valence-corrected chi connectivity index (χ0v) is 13.6. The third-order valence-corrected chi connectivity index (χ3v) is 5.63. The number of amides is 2. The second kappa shape index (κ2) is 5.85. The van der Waals surface area contributed by atoms with Gasteiger partial charge in [0, 0.05) is 30.9 Å². The van der Waals surface area contributed by atoms with E-state index >= 15 is 0 Å². The van der Waals surface area contributed by atoms with Crippen LogP contribution in [0.5, 0.6) is 0 Å². The molecule has 120 valence electrons. The summed E-state index contributed by atoms with van der Waals surface area (Å²) < 4.78 is 5.30. The summed E-state index contributed by atoms with van der Waals surface area (Å²) in [4.78, 5) is 29.9. The molecule has 23 heavy (non-hydrogen) atoms. The zero-order valence-electron chi connectivity index (χ0n) is 12.7. The maximum Gasteiger partial charge on any atom is 0.228 e. The Balaban J connectivity index is 1.41. The second-order valence-corrected chi connectivity index (χ2v) is 7.13. The van der Waals surface area contributed by atoms with Crippen LogP contribution in [-0.4, -0.2) is 34.7 Å². The first-order valence-electron chi connectivity index (χ1n) is 7.85. The molecule has 0 spiro atoms. The van der Waals surface area contributed by atoms with Crippen LogP contribution < -0.4 is 0 Å². The number of fused-ring (bicyclic) bond motifs is 1. The van der Waals surface area contributed by atoms with Gasteiger partial charge in [-0.3, -0.25) is 9.59 Å². The van der Waals surface area contributed by atoms with Crippen molar-refractivity contribution in [2.45, 2.75) is 25.9 Å². The summed E-state index contributed by atoms with van der Waals surface area (Å²) in [5.41, 5.74) is 1.26. The van der Waals surface area contributed by atoms with E-state index in [0.717, 1.165) is 18.7 Å². The fourth-order valence-corrected chi connectivity index (χ4v) is 4.27. The third-order valence-electron chi connectivity index (χ3n) is 4.61. The molecule has 1 saturated heterocycles. The fraction of sp³-hybridized carbons (Fsp3) is 0.412. The maximum atomic E-state index is 12.8. The van der Waals surface area contributed by atoms with Gasteiger partial charge in [-0.2, -0.15) is 0 Å². The highest BCUT2D eigenvalue weighted by molar-refractivity contribution is 7.10. The lowest BCUT2D eigenvalue weighted by atomic mass is 10.0. The SMILES string of the molecule is O=C1CC(C(=O)N2CCc3sccc3C2)CN1Cc1ccco1. The van der Waals surface area contributed by atoms with E-state index in [4.69, 9.17) is 4.42 Å². The molecular weight excluding hydrogens is 312 g/mol. The molecule has 2 aliphatic rings. The quantitative estimate of drug-likeness (QED) is 0.867. The monoisotopic (exact) mass is 330 g/mol. The van der Waals surface area contributed by atoms with E-state index < -0.39 is 0 Å². The Labute approximate surface area is 138 Å². The van der Waals surface area contributed by atoms with Gasteiger partial charge in [-0.25, -0.2) is 0 Å². The number of nitrogens with zero attached hydrogens (tertiary/aromatic N) is 2. The Hall–Kier alpha value is -2.08. The minimum Gasteiger partial charge on any atom is -0.467 e. The topological polar surface area (TPSA) is 53.8 Å². The smallest absolute Gasteiger partial charge is 0.228 e. The van der Waals surface area contributed by atoms with Crippen LogP contribution in [0.1, 0.15) is 22.6 Å². The molecule has 1 unspecified atom stereocenters. The minimum absolute atomic E-state index is 0.0352. The fourth-order valence-electron chi connectivity index (χ4n) is 3.38. The lowest BCUT2D eigenvalue weighted by Gasteiger charge is -2.29. The number of thiophene rings is 1. The van der Waals surface area contributed by atoms with Crippen molar-refractivity contribution in [2.24, 2.45) is 5.92 Å². The first-order valence-corrected chi connectivity index (χ1v) is 8.73. The van der Waals surface area contributed by atoms with Crippen LogP contribution in [0, 0.1) is 5.92 Å². The van der Waals surface area contributed by atoms with Gasteiger partial charge >= 0.3 is 0 Å². The average Bonchev–Trinajstić information content (AvgIpc) is 3.28. The van der Waals surface area contributed by atoms with E-state index in [-0.39, 0.29) is 17.7 Å². The average molecular weight is 330 g/mol. The number of carbonyl (C=O) groups is 2. The first-order chi connectivity index (χ1) is 11.2. The Morgan fingerprint density at radius 3 is 3.13 bits per heavy atom. The van der Waals surface area contributed by atoms with E-state index in [9.17, 15) is 9.59 Å². The molecule has 2 aliphatic heterocycles. The number of carbonyl (C=O) groups excluding carboxylic acids is 2. The van der Waals surface area contributed by atoms with Crippen LogP contribution in [0.4, 0.5) is 0 Å². The molecule has 2 aromatic rings. The second-order valence-electron chi connectivity index (χ2n) is 6.13. The molecule has 1 fully saturated rings. The van der Waals surface area contributed by atoms with Gasteiger partial charge in [-0.1, -0.05) is 0 Å². The number of hydrogen-bond donors (Lipinski definition) is 0. The van der Waals surface area contributed by atoms with Crippen LogP contribution in [0.3, 0.4) is 0 Å². The van der Waals surface area contributed by atoms with Crippen molar-refractivity contribution in [3.8, 4) is 0 Å². The summed E-state index contributed by atoms with van der Waals surface area (Å²) in [7, 11) is 0. The first kappa shape index (κ1) is 14.5. The Morgan fingerprint density at radius 2 is 2.30 bits per heavy atom. The molecule has 4 heterocycles. The van der Waals surface area contributed by atoms with Crippen LogP contribution in [0.25, 0.3) is 0 Å². The molecule has 2 amide bonds. The molecule has 6 heteroatoms. The van der Waals surface area contributed by atoms with Crippen molar-refractivity contribution in [3.63, 3.8) is 0 Å². The van der Waals surface area contributed by atoms with Gasteiger partial charge in [0.05, 0.1) is 18.7 Å². The van der Waals surface area contributed by atoms with Crippen molar-refractivity contribution in [3.05, 3.63) is 46.0 Å². The Kier molecular flexibility index (Phi) is 3.69. The highest BCUT2D eigenvalue weighted by atomic mass is 32.1. The number of hydrogen-bond acceptors (Lipinski definition) is 4. The summed E-state index contributed by atoms with van der Waals surface area (Å²) in [6.07, 6.45) is 2.84.